The van der Waals surface area contributed by atoms with Crippen molar-refractivity contribution in [2.45, 2.75) is 39.8 Å². The smallest absolute Gasteiger partial charge is 0.262 e. The Hall–Kier alpha value is -2.67. The number of benzene rings is 2. The van der Waals surface area contributed by atoms with Crippen molar-refractivity contribution in [2.75, 3.05) is 0 Å². The van der Waals surface area contributed by atoms with Crippen LogP contribution in [0.3, 0.4) is 0 Å². The standard InChI is InChI=1S/C22H26BrN3O3/c1-14(2)20(25-21(27)17-8-6-5-7-9-17)22(28)26-24-13-16-10-11-19(18(23)12-16)29-15(3)4/h5-15,20H,1-4H3,(H,25,27)(H,26,28). The molecule has 0 bridgehead atoms. The maximum Gasteiger partial charge on any atom is 0.262 e. The average Bonchev–Trinajstić information content (AvgIpc) is 2.68. The predicted molar refractivity (Wildman–Crippen MR) is 118 cm³/mol. The Morgan fingerprint density at radius 2 is 1.76 bits per heavy atom. The topological polar surface area (TPSA) is 79.8 Å². The third-order valence-corrected chi connectivity index (χ3v) is 4.60. The molecule has 2 aromatic carbocycles. The Morgan fingerprint density at radius 1 is 1.07 bits per heavy atom. The van der Waals surface area contributed by atoms with Crippen LogP contribution in [0.4, 0.5) is 0 Å². The molecule has 6 nitrogen and oxygen atoms in total. The maximum absolute atomic E-state index is 12.5. The summed E-state index contributed by atoms with van der Waals surface area (Å²) in [6.07, 6.45) is 1.61. The first kappa shape index (κ1) is 22.6. The Bertz CT molecular complexity index is 867. The SMILES string of the molecule is CC(C)Oc1ccc(C=NNC(=O)C(NC(=O)c2ccccc2)C(C)C)cc1Br. The van der Waals surface area contributed by atoms with Crippen LogP contribution in [0.25, 0.3) is 0 Å². The number of ether oxygens (including phenoxy) is 1. The van der Waals surface area contributed by atoms with Crippen molar-refractivity contribution in [1.82, 2.24) is 10.7 Å². The zero-order chi connectivity index (χ0) is 21.4. The molecule has 1 unspecified atom stereocenters. The highest BCUT2D eigenvalue weighted by molar-refractivity contribution is 9.10. The summed E-state index contributed by atoms with van der Waals surface area (Å²) in [7, 11) is 0. The normalized spacial score (nSPS) is 12.2. The molecule has 0 radical (unpaired) electrons. The molecule has 0 saturated heterocycles. The van der Waals surface area contributed by atoms with Gasteiger partial charge in [0.05, 0.1) is 16.8 Å². The van der Waals surface area contributed by atoms with Crippen molar-refractivity contribution in [3.05, 3.63) is 64.1 Å². The molecule has 1 atom stereocenters. The molecule has 0 aliphatic carbocycles. The van der Waals surface area contributed by atoms with Gasteiger partial charge in [0.15, 0.2) is 0 Å². The van der Waals surface area contributed by atoms with Gasteiger partial charge in [-0.2, -0.15) is 5.10 Å². The van der Waals surface area contributed by atoms with Gasteiger partial charge >= 0.3 is 0 Å². The number of hydrogen-bond donors (Lipinski definition) is 2. The highest BCUT2D eigenvalue weighted by atomic mass is 79.9. The minimum atomic E-state index is -0.701. The predicted octanol–water partition coefficient (Wildman–Crippen LogP) is 4.14. The summed E-state index contributed by atoms with van der Waals surface area (Å²) in [6, 6.07) is 13.6. The Morgan fingerprint density at radius 3 is 2.34 bits per heavy atom. The van der Waals surface area contributed by atoms with Gasteiger partial charge in [0.2, 0.25) is 0 Å². The van der Waals surface area contributed by atoms with E-state index in [9.17, 15) is 9.59 Å². The van der Waals surface area contributed by atoms with Crippen LogP contribution in [0.2, 0.25) is 0 Å². The van der Waals surface area contributed by atoms with Gasteiger partial charge in [-0.3, -0.25) is 9.59 Å². The van der Waals surface area contributed by atoms with E-state index in [0.717, 1.165) is 15.8 Å². The summed E-state index contributed by atoms with van der Waals surface area (Å²) < 4.78 is 6.48. The van der Waals surface area contributed by atoms with Crippen LogP contribution in [0.1, 0.15) is 43.6 Å². The van der Waals surface area contributed by atoms with E-state index in [0.29, 0.717) is 5.56 Å². The number of carbonyl (C=O) groups is 2. The first-order chi connectivity index (χ1) is 13.8. The molecule has 0 heterocycles. The largest absolute Gasteiger partial charge is 0.490 e. The van der Waals surface area contributed by atoms with E-state index in [1.807, 2.05) is 52.0 Å². The summed E-state index contributed by atoms with van der Waals surface area (Å²) in [5, 5.41) is 6.79. The maximum atomic E-state index is 12.5. The highest BCUT2D eigenvalue weighted by Crippen LogP contribution is 2.26. The fraction of sp³-hybridized carbons (Fsp3) is 0.318. The van der Waals surface area contributed by atoms with Crippen LogP contribution in [0, 0.1) is 5.92 Å². The van der Waals surface area contributed by atoms with E-state index in [-0.39, 0.29) is 23.8 Å². The number of rotatable bonds is 8. The molecule has 29 heavy (non-hydrogen) atoms. The van der Waals surface area contributed by atoms with Gasteiger partial charge in [-0.1, -0.05) is 32.0 Å². The van der Waals surface area contributed by atoms with Gasteiger partial charge in [0, 0.05) is 5.56 Å². The number of amides is 2. The van der Waals surface area contributed by atoms with Gasteiger partial charge in [-0.05, 0) is 71.6 Å². The Balaban J connectivity index is 1.99. The molecule has 0 spiro atoms. The molecule has 2 amide bonds. The summed E-state index contributed by atoms with van der Waals surface area (Å²) in [5.74, 6) is -0.0309. The first-order valence-electron chi connectivity index (χ1n) is 9.43. The first-order valence-corrected chi connectivity index (χ1v) is 10.2. The highest BCUT2D eigenvalue weighted by Gasteiger charge is 2.24. The third-order valence-electron chi connectivity index (χ3n) is 3.98. The van der Waals surface area contributed by atoms with Gasteiger partial charge in [-0.25, -0.2) is 5.43 Å². The number of nitrogens with zero attached hydrogens (tertiary/aromatic N) is 1. The number of hydrazone groups is 1. The summed E-state index contributed by atoms with van der Waals surface area (Å²) >= 11 is 3.47. The van der Waals surface area contributed by atoms with E-state index in [4.69, 9.17) is 4.74 Å². The quantitative estimate of drug-likeness (QED) is 0.459. The van der Waals surface area contributed by atoms with Crippen LogP contribution in [0.5, 0.6) is 5.75 Å². The van der Waals surface area contributed by atoms with Crippen LogP contribution in [-0.4, -0.2) is 30.2 Å². The molecule has 154 valence electrons. The summed E-state index contributed by atoms with van der Waals surface area (Å²) in [5.41, 5.74) is 3.80. The van der Waals surface area contributed by atoms with Crippen LogP contribution < -0.4 is 15.5 Å². The second kappa shape index (κ2) is 10.8. The van der Waals surface area contributed by atoms with Crippen LogP contribution >= 0.6 is 15.9 Å². The van der Waals surface area contributed by atoms with Gasteiger partial charge in [0.25, 0.3) is 11.8 Å². The minimum Gasteiger partial charge on any atom is -0.490 e. The number of halogens is 1. The molecule has 0 aliphatic heterocycles. The minimum absolute atomic E-state index is 0.0733. The monoisotopic (exact) mass is 459 g/mol. The third kappa shape index (κ3) is 7.02. The molecule has 0 fully saturated rings. The second-order valence-corrected chi connectivity index (χ2v) is 8.01. The van der Waals surface area contributed by atoms with Crippen molar-refractivity contribution >= 4 is 34.0 Å². The van der Waals surface area contributed by atoms with Crippen molar-refractivity contribution in [1.29, 1.82) is 0 Å². The molecule has 0 aromatic heterocycles. The lowest BCUT2D eigenvalue weighted by Gasteiger charge is -2.20. The fourth-order valence-electron chi connectivity index (χ4n) is 2.54. The molecule has 2 rings (SSSR count). The van der Waals surface area contributed by atoms with E-state index in [1.165, 1.54) is 6.21 Å². The molecule has 2 aromatic rings. The lowest BCUT2D eigenvalue weighted by molar-refractivity contribution is -0.123. The van der Waals surface area contributed by atoms with E-state index < -0.39 is 6.04 Å². The van der Waals surface area contributed by atoms with E-state index >= 15 is 0 Å². The van der Waals surface area contributed by atoms with Crippen molar-refractivity contribution < 1.29 is 14.3 Å². The second-order valence-electron chi connectivity index (χ2n) is 7.15. The van der Waals surface area contributed by atoms with Crippen LogP contribution in [0.15, 0.2) is 58.1 Å². The molecule has 0 aliphatic rings. The summed E-state index contributed by atoms with van der Waals surface area (Å²) in [4.78, 5) is 24.9. The zero-order valence-electron chi connectivity index (χ0n) is 17.0. The van der Waals surface area contributed by atoms with Crippen molar-refractivity contribution in [3.63, 3.8) is 0 Å². The van der Waals surface area contributed by atoms with Crippen molar-refractivity contribution in [3.8, 4) is 5.75 Å². The molecule has 7 heteroatoms. The molecular weight excluding hydrogens is 434 g/mol. The lowest BCUT2D eigenvalue weighted by Crippen LogP contribution is -2.48. The Kier molecular flexibility index (Phi) is 8.39. The Labute approximate surface area is 179 Å². The lowest BCUT2D eigenvalue weighted by atomic mass is 10.0. The van der Waals surface area contributed by atoms with Crippen molar-refractivity contribution in [2.24, 2.45) is 11.0 Å². The molecular formula is C22H26BrN3O3. The van der Waals surface area contributed by atoms with E-state index in [1.54, 1.807) is 24.3 Å². The number of carbonyl (C=O) groups excluding carboxylic acids is 2. The average molecular weight is 460 g/mol. The van der Waals surface area contributed by atoms with Gasteiger partial charge < -0.3 is 10.1 Å². The van der Waals surface area contributed by atoms with Gasteiger partial charge in [-0.15, -0.1) is 0 Å². The number of nitrogens with one attached hydrogen (secondary N) is 2. The molecule has 0 saturated carbocycles. The van der Waals surface area contributed by atoms with Gasteiger partial charge in [0.1, 0.15) is 11.8 Å². The van der Waals surface area contributed by atoms with Crippen LogP contribution in [-0.2, 0) is 4.79 Å². The molecule has 2 N–H and O–H groups in total. The zero-order valence-corrected chi connectivity index (χ0v) is 18.6. The number of hydrogen-bond acceptors (Lipinski definition) is 4. The fourth-order valence-corrected chi connectivity index (χ4v) is 3.03. The van der Waals surface area contributed by atoms with E-state index in [2.05, 4.69) is 31.8 Å². The summed E-state index contributed by atoms with van der Waals surface area (Å²) in [6.45, 7) is 7.64.